The Kier molecular flexibility index (Phi) is 4.93. The lowest BCUT2D eigenvalue weighted by Gasteiger charge is -2.27. The molecule has 0 amide bonds. The van der Waals surface area contributed by atoms with Crippen LogP contribution in [-0.2, 0) is 13.1 Å². The average Bonchev–Trinajstić information content (AvgIpc) is 3.12. The highest BCUT2D eigenvalue weighted by Gasteiger charge is 2.35. The number of hydrogen-bond acceptors (Lipinski definition) is 3. The van der Waals surface area contributed by atoms with Crippen molar-refractivity contribution in [1.82, 2.24) is 14.5 Å². The second kappa shape index (κ2) is 7.39. The first kappa shape index (κ1) is 18.7. The summed E-state index contributed by atoms with van der Waals surface area (Å²) in [6.07, 6.45) is -2.97. The second-order valence-electron chi connectivity index (χ2n) is 7.11. The number of nitrogens with zero attached hydrogens (tertiary/aromatic N) is 3. The molecule has 1 atom stereocenters. The summed E-state index contributed by atoms with van der Waals surface area (Å²) < 4.78 is 40.5. The van der Waals surface area contributed by atoms with E-state index in [4.69, 9.17) is 0 Å². The molecule has 4 nitrogen and oxygen atoms in total. The quantitative estimate of drug-likeness (QED) is 0.670. The summed E-state index contributed by atoms with van der Waals surface area (Å²) in [5, 5.41) is 0.211. The van der Waals surface area contributed by atoms with Crippen LogP contribution < -0.4 is 5.56 Å². The molecule has 4 rings (SSSR count). The van der Waals surface area contributed by atoms with E-state index in [-0.39, 0.29) is 17.3 Å². The van der Waals surface area contributed by atoms with Gasteiger partial charge in [0.15, 0.2) is 0 Å². The fraction of sp³-hybridized carbons (Fsp3) is 0.333. The molecule has 146 valence electrons. The van der Waals surface area contributed by atoms with Gasteiger partial charge in [-0.3, -0.25) is 14.3 Å². The van der Waals surface area contributed by atoms with Crippen LogP contribution in [0, 0.1) is 0 Å². The number of para-hydroxylation sites is 1. The Hall–Kier alpha value is -2.67. The lowest BCUT2D eigenvalue weighted by molar-refractivity contribution is -0.142. The van der Waals surface area contributed by atoms with Crippen LogP contribution in [0.1, 0.15) is 30.3 Å². The Bertz CT molecular complexity index is 1030. The van der Waals surface area contributed by atoms with Gasteiger partial charge in [0.25, 0.3) is 5.56 Å². The monoisotopic (exact) mass is 387 g/mol. The highest BCUT2D eigenvalue weighted by atomic mass is 19.4. The van der Waals surface area contributed by atoms with E-state index < -0.39 is 18.3 Å². The molecule has 28 heavy (non-hydrogen) atoms. The average molecular weight is 387 g/mol. The molecule has 1 aromatic heterocycles. The summed E-state index contributed by atoms with van der Waals surface area (Å²) in [4.78, 5) is 19.5. The topological polar surface area (TPSA) is 38.1 Å². The number of alkyl halides is 3. The van der Waals surface area contributed by atoms with Crippen LogP contribution >= 0.6 is 0 Å². The van der Waals surface area contributed by atoms with Crippen molar-refractivity contribution in [3.8, 4) is 0 Å². The molecule has 0 bridgehead atoms. The van der Waals surface area contributed by atoms with Crippen molar-refractivity contribution < 1.29 is 13.2 Å². The summed E-state index contributed by atoms with van der Waals surface area (Å²) in [6, 6.07) is 16.0. The van der Waals surface area contributed by atoms with Crippen molar-refractivity contribution in [2.75, 3.05) is 6.54 Å². The Morgan fingerprint density at radius 1 is 1.04 bits per heavy atom. The van der Waals surface area contributed by atoms with Gasteiger partial charge in [-0.15, -0.1) is 0 Å². The van der Waals surface area contributed by atoms with Gasteiger partial charge in [0.05, 0.1) is 16.9 Å². The molecule has 1 aliphatic heterocycles. The van der Waals surface area contributed by atoms with Crippen LogP contribution in [0.25, 0.3) is 10.9 Å². The Morgan fingerprint density at radius 2 is 1.75 bits per heavy atom. The summed E-state index contributed by atoms with van der Waals surface area (Å²) in [7, 11) is 0. The van der Waals surface area contributed by atoms with Crippen molar-refractivity contribution in [3.05, 3.63) is 76.3 Å². The number of fused-ring (bicyclic) bond motifs is 1. The lowest BCUT2D eigenvalue weighted by atomic mass is 10.1. The summed E-state index contributed by atoms with van der Waals surface area (Å²) in [6.45, 7) is 0.0448. The SMILES string of the molecule is O=c1c2ccccc2nc(C2CCCN2Cc2ccccc2)n1CC(F)(F)F. The Balaban J connectivity index is 1.79. The molecule has 0 saturated carbocycles. The maximum absolute atomic E-state index is 13.2. The molecule has 1 fully saturated rings. The summed E-state index contributed by atoms with van der Waals surface area (Å²) >= 11 is 0. The third kappa shape index (κ3) is 3.80. The normalized spacial score (nSPS) is 18.0. The minimum atomic E-state index is -4.49. The third-order valence-corrected chi connectivity index (χ3v) is 5.12. The van der Waals surface area contributed by atoms with Gasteiger partial charge in [-0.25, -0.2) is 4.98 Å². The van der Waals surface area contributed by atoms with Crippen molar-refractivity contribution in [2.24, 2.45) is 0 Å². The van der Waals surface area contributed by atoms with Crippen molar-refractivity contribution >= 4 is 10.9 Å². The zero-order chi connectivity index (χ0) is 19.7. The molecule has 1 unspecified atom stereocenters. The van der Waals surface area contributed by atoms with Crippen LogP contribution in [0.15, 0.2) is 59.4 Å². The smallest absolute Gasteiger partial charge is 0.289 e. The van der Waals surface area contributed by atoms with E-state index in [1.165, 1.54) is 6.07 Å². The number of benzene rings is 2. The van der Waals surface area contributed by atoms with E-state index in [0.29, 0.717) is 18.5 Å². The van der Waals surface area contributed by atoms with Gasteiger partial charge in [0.1, 0.15) is 12.4 Å². The molecule has 0 radical (unpaired) electrons. The fourth-order valence-electron chi connectivity index (χ4n) is 3.90. The third-order valence-electron chi connectivity index (χ3n) is 5.12. The Labute approximate surface area is 160 Å². The van der Waals surface area contributed by atoms with Crippen molar-refractivity contribution in [3.63, 3.8) is 0 Å². The van der Waals surface area contributed by atoms with Gasteiger partial charge in [-0.1, -0.05) is 42.5 Å². The molecule has 1 saturated heterocycles. The summed E-state index contributed by atoms with van der Waals surface area (Å²) in [5.74, 6) is 0.203. The van der Waals surface area contributed by atoms with Crippen molar-refractivity contribution in [2.45, 2.75) is 38.1 Å². The fourth-order valence-corrected chi connectivity index (χ4v) is 3.90. The van der Waals surface area contributed by atoms with E-state index in [2.05, 4.69) is 9.88 Å². The molecular weight excluding hydrogens is 367 g/mol. The maximum Gasteiger partial charge on any atom is 0.406 e. The predicted octanol–water partition coefficient (Wildman–Crippen LogP) is 4.30. The zero-order valence-electron chi connectivity index (χ0n) is 15.2. The van der Waals surface area contributed by atoms with E-state index in [1.54, 1.807) is 18.2 Å². The molecule has 7 heteroatoms. The molecule has 0 aliphatic carbocycles. The molecule has 0 N–H and O–H groups in total. The number of likely N-dealkylation sites (tertiary alicyclic amines) is 1. The van der Waals surface area contributed by atoms with E-state index in [1.807, 2.05) is 30.3 Å². The first-order valence-corrected chi connectivity index (χ1v) is 9.26. The number of rotatable bonds is 4. The minimum absolute atomic E-state index is 0.203. The predicted molar refractivity (Wildman–Crippen MR) is 101 cm³/mol. The first-order valence-electron chi connectivity index (χ1n) is 9.26. The molecule has 2 heterocycles. The van der Waals surface area contributed by atoms with Crippen LogP contribution in [0.5, 0.6) is 0 Å². The van der Waals surface area contributed by atoms with Gasteiger partial charge in [0, 0.05) is 6.54 Å². The highest BCUT2D eigenvalue weighted by Crippen LogP contribution is 2.33. The zero-order valence-corrected chi connectivity index (χ0v) is 15.2. The van der Waals surface area contributed by atoms with Crippen LogP contribution in [-0.4, -0.2) is 27.2 Å². The van der Waals surface area contributed by atoms with Gasteiger partial charge >= 0.3 is 6.18 Å². The van der Waals surface area contributed by atoms with Crippen LogP contribution in [0.2, 0.25) is 0 Å². The largest absolute Gasteiger partial charge is 0.406 e. The molecule has 2 aromatic carbocycles. The van der Waals surface area contributed by atoms with Crippen molar-refractivity contribution in [1.29, 1.82) is 0 Å². The second-order valence-corrected chi connectivity index (χ2v) is 7.11. The van der Waals surface area contributed by atoms with E-state index in [9.17, 15) is 18.0 Å². The van der Waals surface area contributed by atoms with Crippen LogP contribution in [0.3, 0.4) is 0 Å². The van der Waals surface area contributed by atoms with Gasteiger partial charge < -0.3 is 0 Å². The van der Waals surface area contributed by atoms with Gasteiger partial charge in [-0.2, -0.15) is 13.2 Å². The molecule has 0 spiro atoms. The Morgan fingerprint density at radius 3 is 2.50 bits per heavy atom. The minimum Gasteiger partial charge on any atom is -0.289 e. The van der Waals surface area contributed by atoms with E-state index >= 15 is 0 Å². The summed E-state index contributed by atoms with van der Waals surface area (Å²) in [5.41, 5.74) is 0.886. The molecule has 3 aromatic rings. The van der Waals surface area contributed by atoms with Gasteiger partial charge in [-0.05, 0) is 37.1 Å². The number of aromatic nitrogens is 2. The highest BCUT2D eigenvalue weighted by molar-refractivity contribution is 5.77. The van der Waals surface area contributed by atoms with E-state index in [0.717, 1.165) is 23.1 Å². The number of hydrogen-bond donors (Lipinski definition) is 0. The molecular formula is C21H20F3N3O. The lowest BCUT2D eigenvalue weighted by Crippen LogP contribution is -2.35. The maximum atomic E-state index is 13.2. The number of halogens is 3. The molecule has 1 aliphatic rings. The first-order chi connectivity index (χ1) is 13.4. The van der Waals surface area contributed by atoms with Gasteiger partial charge in [0.2, 0.25) is 0 Å². The standard InChI is InChI=1S/C21H20F3N3O/c22-21(23,24)14-27-19(25-17-10-5-4-9-16(17)20(27)28)18-11-6-12-26(18)13-15-7-2-1-3-8-15/h1-5,7-10,18H,6,11-14H2. The van der Waals surface area contributed by atoms with Crippen LogP contribution in [0.4, 0.5) is 13.2 Å².